The normalized spacial score (nSPS) is 12.2. The largest absolute Gasteiger partial charge is 0.484 e. The molecule has 1 atom stereocenters. The molecule has 2 aromatic rings. The first kappa shape index (κ1) is 16.9. The van der Waals surface area contributed by atoms with Gasteiger partial charge in [-0.2, -0.15) is 0 Å². The topological polar surface area (TPSA) is 9.23 Å². The number of hydrogen-bond donors (Lipinski definition) is 0. The minimum Gasteiger partial charge on any atom is -0.484 e. The first-order valence-electron chi connectivity index (χ1n) is 6.84. The van der Waals surface area contributed by atoms with Crippen molar-refractivity contribution in [2.45, 2.75) is 25.9 Å². The highest BCUT2D eigenvalue weighted by Gasteiger charge is 2.15. The van der Waals surface area contributed by atoms with Gasteiger partial charge in [0.2, 0.25) is 0 Å². The van der Waals surface area contributed by atoms with Crippen molar-refractivity contribution in [1.29, 1.82) is 0 Å². The van der Waals surface area contributed by atoms with Gasteiger partial charge in [0.25, 0.3) is 0 Å². The van der Waals surface area contributed by atoms with E-state index in [4.69, 9.17) is 27.9 Å². The lowest BCUT2D eigenvalue weighted by atomic mass is 10.0. The first-order chi connectivity index (χ1) is 10.1. The standard InChI is InChI=1S/C17H17Cl2IO/c1-12-4-6-13(7-5-12)16(3-2-10-20)21-17-11-14(18)8-9-15(17)19/h4-9,11,16H,2-3,10H2,1H3/t16-/m1/s1. The van der Waals surface area contributed by atoms with E-state index >= 15 is 0 Å². The first-order valence-corrected chi connectivity index (χ1v) is 9.12. The molecule has 21 heavy (non-hydrogen) atoms. The van der Waals surface area contributed by atoms with Gasteiger partial charge in [0.1, 0.15) is 11.9 Å². The van der Waals surface area contributed by atoms with E-state index in [9.17, 15) is 0 Å². The molecule has 1 nitrogen and oxygen atoms in total. The maximum Gasteiger partial charge on any atom is 0.140 e. The number of alkyl halides is 1. The summed E-state index contributed by atoms with van der Waals surface area (Å²) in [6, 6.07) is 13.8. The summed E-state index contributed by atoms with van der Waals surface area (Å²) in [5.41, 5.74) is 2.41. The highest BCUT2D eigenvalue weighted by molar-refractivity contribution is 14.1. The average Bonchev–Trinajstić information content (AvgIpc) is 2.48. The van der Waals surface area contributed by atoms with E-state index in [0.29, 0.717) is 15.8 Å². The minimum absolute atomic E-state index is 0.00340. The Bertz CT molecular complexity index is 584. The summed E-state index contributed by atoms with van der Waals surface area (Å²) in [4.78, 5) is 0. The molecule has 0 aromatic heterocycles. The number of ether oxygens (including phenoxy) is 1. The van der Waals surface area contributed by atoms with Crippen LogP contribution >= 0.6 is 45.8 Å². The summed E-state index contributed by atoms with van der Waals surface area (Å²) in [7, 11) is 0. The summed E-state index contributed by atoms with van der Waals surface area (Å²) in [5.74, 6) is 0.642. The van der Waals surface area contributed by atoms with Crippen LogP contribution in [0.5, 0.6) is 5.75 Å². The van der Waals surface area contributed by atoms with Gasteiger partial charge in [-0.1, -0.05) is 75.6 Å². The van der Waals surface area contributed by atoms with Gasteiger partial charge in [-0.25, -0.2) is 0 Å². The number of benzene rings is 2. The molecule has 0 heterocycles. The SMILES string of the molecule is Cc1ccc([C@@H](CCCI)Oc2cc(Cl)ccc2Cl)cc1. The average molecular weight is 435 g/mol. The van der Waals surface area contributed by atoms with E-state index in [-0.39, 0.29) is 6.10 Å². The van der Waals surface area contributed by atoms with E-state index in [1.54, 1.807) is 18.2 Å². The van der Waals surface area contributed by atoms with Gasteiger partial charge in [0.05, 0.1) is 5.02 Å². The van der Waals surface area contributed by atoms with Crippen molar-refractivity contribution in [2.75, 3.05) is 4.43 Å². The Morgan fingerprint density at radius 2 is 1.81 bits per heavy atom. The predicted octanol–water partition coefficient (Wildman–Crippen LogP) is 6.64. The lowest BCUT2D eigenvalue weighted by molar-refractivity contribution is 0.194. The smallest absolute Gasteiger partial charge is 0.140 e. The van der Waals surface area contributed by atoms with Crippen LogP contribution in [0.3, 0.4) is 0 Å². The third kappa shape index (κ3) is 5.04. The molecule has 0 aliphatic carbocycles. The van der Waals surface area contributed by atoms with Gasteiger partial charge in [0.15, 0.2) is 0 Å². The molecule has 0 saturated carbocycles. The molecule has 0 saturated heterocycles. The molecule has 112 valence electrons. The van der Waals surface area contributed by atoms with Gasteiger partial charge < -0.3 is 4.74 Å². The van der Waals surface area contributed by atoms with Crippen molar-refractivity contribution in [1.82, 2.24) is 0 Å². The minimum atomic E-state index is -0.00340. The fraction of sp³-hybridized carbons (Fsp3) is 0.294. The summed E-state index contributed by atoms with van der Waals surface area (Å²) in [6.45, 7) is 2.08. The van der Waals surface area contributed by atoms with Crippen LogP contribution in [-0.2, 0) is 0 Å². The number of hydrogen-bond acceptors (Lipinski definition) is 1. The second-order valence-electron chi connectivity index (χ2n) is 4.92. The van der Waals surface area contributed by atoms with E-state index in [1.165, 1.54) is 11.1 Å². The lowest BCUT2D eigenvalue weighted by Gasteiger charge is -2.20. The van der Waals surface area contributed by atoms with E-state index in [2.05, 4.69) is 53.8 Å². The molecule has 2 aromatic carbocycles. The van der Waals surface area contributed by atoms with Gasteiger partial charge in [-0.3, -0.25) is 0 Å². The summed E-state index contributed by atoms with van der Waals surface area (Å²) < 4.78 is 7.24. The predicted molar refractivity (Wildman–Crippen MR) is 99.1 cm³/mol. The molecule has 0 fully saturated rings. The van der Waals surface area contributed by atoms with Crippen LogP contribution < -0.4 is 4.74 Å². The summed E-state index contributed by atoms with van der Waals surface area (Å²) in [5, 5.41) is 1.22. The van der Waals surface area contributed by atoms with Crippen LogP contribution in [0.15, 0.2) is 42.5 Å². The molecule has 0 aliphatic heterocycles. The van der Waals surface area contributed by atoms with Gasteiger partial charge in [0, 0.05) is 11.1 Å². The number of aryl methyl sites for hydroxylation is 1. The van der Waals surface area contributed by atoms with Gasteiger partial charge in [-0.15, -0.1) is 0 Å². The zero-order valence-electron chi connectivity index (χ0n) is 11.8. The molecular formula is C17H17Cl2IO. The van der Waals surface area contributed by atoms with E-state index in [0.717, 1.165) is 17.3 Å². The second kappa shape index (κ2) is 8.25. The van der Waals surface area contributed by atoms with Crippen LogP contribution in [0.1, 0.15) is 30.1 Å². The van der Waals surface area contributed by atoms with Crippen LogP contribution in [0.25, 0.3) is 0 Å². The fourth-order valence-electron chi connectivity index (χ4n) is 2.06. The summed E-state index contributed by atoms with van der Waals surface area (Å²) in [6.07, 6.45) is 2.04. The Kier molecular flexibility index (Phi) is 6.65. The molecule has 2 rings (SSSR count). The van der Waals surface area contributed by atoms with Gasteiger partial charge >= 0.3 is 0 Å². The summed E-state index contributed by atoms with van der Waals surface area (Å²) >= 11 is 14.6. The molecule has 0 unspecified atom stereocenters. The maximum absolute atomic E-state index is 6.20. The molecule has 0 aliphatic rings. The number of rotatable bonds is 6. The quantitative estimate of drug-likeness (QED) is 0.365. The Morgan fingerprint density at radius 1 is 1.10 bits per heavy atom. The third-order valence-electron chi connectivity index (χ3n) is 3.21. The van der Waals surface area contributed by atoms with Crippen molar-refractivity contribution < 1.29 is 4.74 Å². The molecular weight excluding hydrogens is 418 g/mol. The zero-order chi connectivity index (χ0) is 15.2. The molecule has 0 spiro atoms. The zero-order valence-corrected chi connectivity index (χ0v) is 15.5. The third-order valence-corrected chi connectivity index (χ3v) is 4.52. The molecule has 4 heteroatoms. The lowest BCUT2D eigenvalue weighted by Crippen LogP contribution is -2.08. The van der Waals surface area contributed by atoms with Gasteiger partial charge in [-0.05, 0) is 41.9 Å². The number of halogens is 3. The van der Waals surface area contributed by atoms with Crippen LogP contribution in [0.2, 0.25) is 10.0 Å². The molecule has 0 N–H and O–H groups in total. The van der Waals surface area contributed by atoms with Crippen LogP contribution in [0.4, 0.5) is 0 Å². The van der Waals surface area contributed by atoms with Crippen molar-refractivity contribution in [3.8, 4) is 5.75 Å². The fourth-order valence-corrected chi connectivity index (χ4v) is 2.82. The Morgan fingerprint density at radius 3 is 2.48 bits per heavy atom. The van der Waals surface area contributed by atoms with Crippen LogP contribution in [0, 0.1) is 6.92 Å². The molecule has 0 bridgehead atoms. The second-order valence-corrected chi connectivity index (χ2v) is 6.85. The Hall–Kier alpha value is -0.450. The highest BCUT2D eigenvalue weighted by Crippen LogP contribution is 2.33. The highest BCUT2D eigenvalue weighted by atomic mass is 127. The van der Waals surface area contributed by atoms with E-state index in [1.807, 2.05) is 0 Å². The van der Waals surface area contributed by atoms with Crippen molar-refractivity contribution >= 4 is 45.8 Å². The van der Waals surface area contributed by atoms with Crippen molar-refractivity contribution in [3.05, 3.63) is 63.6 Å². The molecule has 0 radical (unpaired) electrons. The maximum atomic E-state index is 6.20. The Labute approximate surface area is 149 Å². The monoisotopic (exact) mass is 434 g/mol. The Balaban J connectivity index is 2.23. The van der Waals surface area contributed by atoms with E-state index < -0.39 is 0 Å². The van der Waals surface area contributed by atoms with Crippen LogP contribution in [-0.4, -0.2) is 4.43 Å². The van der Waals surface area contributed by atoms with Crippen molar-refractivity contribution in [3.63, 3.8) is 0 Å². The molecule has 0 amide bonds. The van der Waals surface area contributed by atoms with Crippen molar-refractivity contribution in [2.24, 2.45) is 0 Å².